The summed E-state index contributed by atoms with van der Waals surface area (Å²) >= 11 is 0. The van der Waals surface area contributed by atoms with Crippen molar-refractivity contribution in [2.45, 2.75) is 58.9 Å². The fraction of sp³-hybridized carbons (Fsp3) is 1.00. The second kappa shape index (κ2) is 7.08. The van der Waals surface area contributed by atoms with E-state index in [1.807, 2.05) is 0 Å². The number of nitrogens with one attached hydrogen (secondary N) is 1. The molecule has 2 heteroatoms. The van der Waals surface area contributed by atoms with Gasteiger partial charge in [-0.05, 0) is 62.9 Å². The van der Waals surface area contributed by atoms with Crippen LogP contribution in [-0.4, -0.2) is 37.6 Å². The zero-order chi connectivity index (χ0) is 13.8. The Morgan fingerprint density at radius 1 is 1.21 bits per heavy atom. The molecule has 0 spiro atoms. The molecule has 4 atom stereocenters. The van der Waals surface area contributed by atoms with Crippen molar-refractivity contribution in [1.82, 2.24) is 10.2 Å². The minimum Gasteiger partial charge on any atom is -0.317 e. The molecule has 1 N–H and O–H groups in total. The fourth-order valence-corrected chi connectivity index (χ4v) is 4.23. The molecule has 0 amide bonds. The number of hydrogen-bond donors (Lipinski definition) is 1. The van der Waals surface area contributed by atoms with E-state index in [-0.39, 0.29) is 0 Å². The van der Waals surface area contributed by atoms with Crippen molar-refractivity contribution in [2.75, 3.05) is 26.7 Å². The molecule has 0 bridgehead atoms. The van der Waals surface area contributed by atoms with Crippen LogP contribution < -0.4 is 5.32 Å². The molecule has 0 aromatic rings. The summed E-state index contributed by atoms with van der Waals surface area (Å²) in [6.07, 6.45) is 7.05. The summed E-state index contributed by atoms with van der Waals surface area (Å²) in [5, 5.41) is 3.59. The number of hydrogen-bond acceptors (Lipinski definition) is 2. The summed E-state index contributed by atoms with van der Waals surface area (Å²) in [7, 11) is 2.16. The van der Waals surface area contributed by atoms with Crippen molar-refractivity contribution in [3.05, 3.63) is 0 Å². The topological polar surface area (TPSA) is 15.3 Å². The molecule has 1 aliphatic heterocycles. The van der Waals surface area contributed by atoms with Crippen molar-refractivity contribution >= 4 is 0 Å². The SMILES string of the molecule is CCC1CCN(CC2CC(C(C)C)CCC2NC)C1. The van der Waals surface area contributed by atoms with Gasteiger partial charge in [-0.3, -0.25) is 0 Å². The van der Waals surface area contributed by atoms with Crippen LogP contribution in [0.25, 0.3) is 0 Å². The maximum absolute atomic E-state index is 3.59. The van der Waals surface area contributed by atoms with Gasteiger partial charge >= 0.3 is 0 Å². The van der Waals surface area contributed by atoms with Gasteiger partial charge in [-0.2, -0.15) is 0 Å². The third-order valence-corrected chi connectivity index (χ3v) is 5.78. The van der Waals surface area contributed by atoms with Crippen LogP contribution in [0.15, 0.2) is 0 Å². The molecule has 2 rings (SSSR count). The Bertz CT molecular complexity index is 264. The molecule has 1 aliphatic carbocycles. The van der Waals surface area contributed by atoms with E-state index in [9.17, 15) is 0 Å². The zero-order valence-corrected chi connectivity index (χ0v) is 13.5. The Kier molecular flexibility index (Phi) is 5.70. The van der Waals surface area contributed by atoms with Gasteiger partial charge in [-0.25, -0.2) is 0 Å². The van der Waals surface area contributed by atoms with Gasteiger partial charge in [-0.15, -0.1) is 0 Å². The summed E-state index contributed by atoms with van der Waals surface area (Å²) in [6, 6.07) is 0.760. The standard InChI is InChI=1S/C17H34N2/c1-5-14-8-9-19(11-14)12-16-10-15(13(2)3)6-7-17(16)18-4/h13-18H,5-12H2,1-4H3. The molecule has 2 fully saturated rings. The lowest BCUT2D eigenvalue weighted by Gasteiger charge is -2.39. The molecule has 0 aromatic heterocycles. The number of rotatable bonds is 5. The van der Waals surface area contributed by atoms with Crippen LogP contribution in [0.4, 0.5) is 0 Å². The predicted octanol–water partition coefficient (Wildman–Crippen LogP) is 3.38. The average molecular weight is 266 g/mol. The van der Waals surface area contributed by atoms with Gasteiger partial charge in [0.05, 0.1) is 0 Å². The summed E-state index contributed by atoms with van der Waals surface area (Å²) in [5.41, 5.74) is 0. The first-order chi connectivity index (χ1) is 9.13. The third kappa shape index (κ3) is 3.95. The van der Waals surface area contributed by atoms with Gasteiger partial charge < -0.3 is 10.2 Å². The van der Waals surface area contributed by atoms with E-state index < -0.39 is 0 Å². The van der Waals surface area contributed by atoms with Gasteiger partial charge in [0, 0.05) is 19.1 Å². The molecular weight excluding hydrogens is 232 g/mol. The molecule has 2 aliphatic rings. The van der Waals surface area contributed by atoms with Gasteiger partial charge in [0.25, 0.3) is 0 Å². The van der Waals surface area contributed by atoms with E-state index in [0.717, 1.165) is 29.7 Å². The highest BCUT2D eigenvalue weighted by Gasteiger charge is 2.33. The Balaban J connectivity index is 1.88. The van der Waals surface area contributed by atoms with Crippen LogP contribution in [0.3, 0.4) is 0 Å². The van der Waals surface area contributed by atoms with Crippen LogP contribution in [0.5, 0.6) is 0 Å². The Morgan fingerprint density at radius 2 is 2.00 bits per heavy atom. The van der Waals surface area contributed by atoms with Crippen LogP contribution in [0, 0.1) is 23.7 Å². The van der Waals surface area contributed by atoms with Gasteiger partial charge in [0.15, 0.2) is 0 Å². The summed E-state index contributed by atoms with van der Waals surface area (Å²) in [4.78, 5) is 2.74. The van der Waals surface area contributed by atoms with E-state index in [4.69, 9.17) is 0 Å². The molecule has 1 saturated heterocycles. The molecule has 1 saturated carbocycles. The Hall–Kier alpha value is -0.0800. The van der Waals surface area contributed by atoms with E-state index in [1.165, 1.54) is 51.7 Å². The maximum atomic E-state index is 3.59. The van der Waals surface area contributed by atoms with E-state index in [0.29, 0.717) is 0 Å². The first-order valence-corrected chi connectivity index (χ1v) is 8.53. The number of likely N-dealkylation sites (tertiary alicyclic amines) is 1. The lowest BCUT2D eigenvalue weighted by atomic mass is 9.73. The molecule has 19 heavy (non-hydrogen) atoms. The van der Waals surface area contributed by atoms with Crippen molar-refractivity contribution < 1.29 is 0 Å². The average Bonchev–Trinajstić information content (AvgIpc) is 2.86. The maximum Gasteiger partial charge on any atom is 0.0105 e. The molecule has 0 radical (unpaired) electrons. The lowest BCUT2D eigenvalue weighted by Crippen LogP contribution is -2.45. The van der Waals surface area contributed by atoms with Gasteiger partial charge in [-0.1, -0.05) is 27.2 Å². The normalized spacial score (nSPS) is 37.1. The molecule has 0 aromatic carbocycles. The van der Waals surface area contributed by atoms with Gasteiger partial charge in [0.1, 0.15) is 0 Å². The minimum absolute atomic E-state index is 0.760. The quantitative estimate of drug-likeness (QED) is 0.820. The molecule has 2 nitrogen and oxygen atoms in total. The predicted molar refractivity (Wildman–Crippen MR) is 83.4 cm³/mol. The smallest absolute Gasteiger partial charge is 0.0105 e. The summed E-state index contributed by atoms with van der Waals surface area (Å²) < 4.78 is 0. The molecular formula is C17H34N2. The molecule has 1 heterocycles. The molecule has 112 valence electrons. The zero-order valence-electron chi connectivity index (χ0n) is 13.5. The molecule has 4 unspecified atom stereocenters. The fourth-order valence-electron chi connectivity index (χ4n) is 4.23. The summed E-state index contributed by atoms with van der Waals surface area (Å²) in [5.74, 6) is 3.67. The first-order valence-electron chi connectivity index (χ1n) is 8.53. The highest BCUT2D eigenvalue weighted by molar-refractivity contribution is 4.88. The van der Waals surface area contributed by atoms with Crippen molar-refractivity contribution in [2.24, 2.45) is 23.7 Å². The van der Waals surface area contributed by atoms with E-state index in [1.54, 1.807) is 0 Å². The second-order valence-electron chi connectivity index (χ2n) is 7.29. The third-order valence-electron chi connectivity index (χ3n) is 5.78. The monoisotopic (exact) mass is 266 g/mol. The Labute approximate surface area is 120 Å². The van der Waals surface area contributed by atoms with Crippen molar-refractivity contribution in [3.8, 4) is 0 Å². The first kappa shape index (κ1) is 15.3. The lowest BCUT2D eigenvalue weighted by molar-refractivity contribution is 0.134. The van der Waals surface area contributed by atoms with Crippen LogP contribution in [0.1, 0.15) is 52.9 Å². The van der Waals surface area contributed by atoms with Crippen LogP contribution >= 0.6 is 0 Å². The van der Waals surface area contributed by atoms with Crippen molar-refractivity contribution in [3.63, 3.8) is 0 Å². The highest BCUT2D eigenvalue weighted by Crippen LogP contribution is 2.35. The summed E-state index contributed by atoms with van der Waals surface area (Å²) in [6.45, 7) is 11.2. The number of nitrogens with zero attached hydrogens (tertiary/aromatic N) is 1. The van der Waals surface area contributed by atoms with Crippen LogP contribution in [-0.2, 0) is 0 Å². The highest BCUT2D eigenvalue weighted by atomic mass is 15.2. The largest absolute Gasteiger partial charge is 0.317 e. The Morgan fingerprint density at radius 3 is 2.58 bits per heavy atom. The van der Waals surface area contributed by atoms with E-state index in [2.05, 4.69) is 38.0 Å². The van der Waals surface area contributed by atoms with Gasteiger partial charge in [0.2, 0.25) is 0 Å². The van der Waals surface area contributed by atoms with Crippen molar-refractivity contribution in [1.29, 1.82) is 0 Å². The second-order valence-corrected chi connectivity index (χ2v) is 7.29. The van der Waals surface area contributed by atoms with E-state index >= 15 is 0 Å². The minimum atomic E-state index is 0.760. The van der Waals surface area contributed by atoms with Crippen LogP contribution in [0.2, 0.25) is 0 Å².